The predicted molar refractivity (Wildman–Crippen MR) is 84.1 cm³/mol. The molecule has 0 heterocycles. The van der Waals surface area contributed by atoms with Gasteiger partial charge in [-0.25, -0.2) is 4.39 Å². The third-order valence-electron chi connectivity index (χ3n) is 2.75. The molecular weight excluding hydrogens is 389 g/mol. The van der Waals surface area contributed by atoms with E-state index >= 15 is 0 Å². The van der Waals surface area contributed by atoms with Crippen molar-refractivity contribution >= 4 is 37.8 Å². The van der Waals surface area contributed by atoms with E-state index in [1.165, 1.54) is 12.1 Å². The average Bonchev–Trinajstić information content (AvgIpc) is 2.38. The van der Waals surface area contributed by atoms with E-state index in [0.717, 1.165) is 14.5 Å². The molecule has 2 nitrogen and oxygen atoms in total. The number of hydrogen-bond acceptors (Lipinski definition) is 1. The number of amides is 1. The van der Waals surface area contributed by atoms with Crippen LogP contribution in [0.4, 0.5) is 4.39 Å². The maximum absolute atomic E-state index is 13.2. The number of halogens is 3. The van der Waals surface area contributed by atoms with Crippen LogP contribution in [0.2, 0.25) is 0 Å². The number of benzene rings is 2. The molecule has 0 atom stereocenters. The summed E-state index contributed by atoms with van der Waals surface area (Å²) in [6.07, 6.45) is 0. The van der Waals surface area contributed by atoms with Crippen molar-refractivity contribution in [1.82, 2.24) is 5.32 Å². The summed E-state index contributed by atoms with van der Waals surface area (Å²) < 4.78 is 14.8. The zero-order chi connectivity index (χ0) is 14.7. The van der Waals surface area contributed by atoms with E-state index in [-0.39, 0.29) is 18.3 Å². The van der Waals surface area contributed by atoms with E-state index in [0.29, 0.717) is 11.1 Å². The lowest BCUT2D eigenvalue weighted by Gasteiger charge is -2.08. The van der Waals surface area contributed by atoms with Gasteiger partial charge in [0.1, 0.15) is 5.82 Å². The van der Waals surface area contributed by atoms with E-state index in [9.17, 15) is 9.18 Å². The molecule has 2 rings (SSSR count). The molecule has 0 radical (unpaired) electrons. The Balaban J connectivity index is 2.10. The van der Waals surface area contributed by atoms with Gasteiger partial charge >= 0.3 is 0 Å². The molecule has 1 N–H and O–H groups in total. The van der Waals surface area contributed by atoms with E-state index < -0.39 is 0 Å². The average molecular weight is 401 g/mol. The van der Waals surface area contributed by atoms with Crippen LogP contribution in [-0.4, -0.2) is 5.91 Å². The van der Waals surface area contributed by atoms with Gasteiger partial charge in [-0.15, -0.1) is 0 Å². The van der Waals surface area contributed by atoms with Crippen LogP contribution in [0, 0.1) is 12.7 Å². The quantitative estimate of drug-likeness (QED) is 0.802. The Hall–Kier alpha value is -1.20. The van der Waals surface area contributed by atoms with Gasteiger partial charge in [0, 0.05) is 21.1 Å². The fourth-order valence-corrected chi connectivity index (χ4v) is 2.82. The largest absolute Gasteiger partial charge is 0.348 e. The van der Waals surface area contributed by atoms with Crippen LogP contribution in [0.1, 0.15) is 21.5 Å². The number of nitrogens with one attached hydrogen (secondary N) is 1. The van der Waals surface area contributed by atoms with Crippen LogP contribution in [0.3, 0.4) is 0 Å². The summed E-state index contributed by atoms with van der Waals surface area (Å²) in [5.74, 6) is -0.513. The number of rotatable bonds is 3. The van der Waals surface area contributed by atoms with E-state index in [1.807, 2.05) is 13.0 Å². The summed E-state index contributed by atoms with van der Waals surface area (Å²) in [7, 11) is 0. The SMILES string of the molecule is Cc1cc(Br)cc(C(=O)NCc2cc(F)ccc2Br)c1. The normalized spacial score (nSPS) is 10.4. The van der Waals surface area contributed by atoms with Crippen LogP contribution in [0.5, 0.6) is 0 Å². The highest BCUT2D eigenvalue weighted by molar-refractivity contribution is 9.10. The third-order valence-corrected chi connectivity index (χ3v) is 3.98. The van der Waals surface area contributed by atoms with E-state index in [2.05, 4.69) is 37.2 Å². The van der Waals surface area contributed by atoms with Gasteiger partial charge in [0.05, 0.1) is 0 Å². The highest BCUT2D eigenvalue weighted by Crippen LogP contribution is 2.18. The first kappa shape index (κ1) is 15.2. The minimum absolute atomic E-state index is 0.189. The third kappa shape index (κ3) is 3.90. The molecule has 0 fully saturated rings. The highest BCUT2D eigenvalue weighted by atomic mass is 79.9. The molecule has 0 aromatic heterocycles. The molecule has 20 heavy (non-hydrogen) atoms. The lowest BCUT2D eigenvalue weighted by Crippen LogP contribution is -2.23. The second-order valence-corrected chi connectivity index (χ2v) is 6.21. The van der Waals surface area contributed by atoms with Crippen molar-refractivity contribution in [2.45, 2.75) is 13.5 Å². The van der Waals surface area contributed by atoms with Gasteiger partial charge in [0.2, 0.25) is 0 Å². The van der Waals surface area contributed by atoms with Crippen molar-refractivity contribution in [2.24, 2.45) is 0 Å². The van der Waals surface area contributed by atoms with Gasteiger partial charge in [0.15, 0.2) is 0 Å². The van der Waals surface area contributed by atoms with Crippen LogP contribution in [-0.2, 0) is 6.54 Å². The molecule has 104 valence electrons. The minimum Gasteiger partial charge on any atom is -0.348 e. The fourth-order valence-electron chi connectivity index (χ4n) is 1.82. The maximum Gasteiger partial charge on any atom is 0.251 e. The first-order valence-electron chi connectivity index (χ1n) is 5.95. The molecule has 0 aliphatic heterocycles. The van der Waals surface area contributed by atoms with Crippen molar-refractivity contribution < 1.29 is 9.18 Å². The topological polar surface area (TPSA) is 29.1 Å². The Bertz CT molecular complexity index is 638. The first-order chi connectivity index (χ1) is 9.45. The highest BCUT2D eigenvalue weighted by Gasteiger charge is 2.08. The summed E-state index contributed by atoms with van der Waals surface area (Å²) in [5.41, 5.74) is 2.27. The van der Waals surface area contributed by atoms with Crippen molar-refractivity contribution in [3.05, 3.63) is 67.9 Å². The number of hydrogen-bond donors (Lipinski definition) is 1. The summed E-state index contributed by atoms with van der Waals surface area (Å²) >= 11 is 6.70. The number of carbonyl (C=O) groups is 1. The van der Waals surface area contributed by atoms with Crippen LogP contribution in [0.15, 0.2) is 45.3 Å². The molecule has 5 heteroatoms. The van der Waals surface area contributed by atoms with Crippen LogP contribution < -0.4 is 5.32 Å². The fraction of sp³-hybridized carbons (Fsp3) is 0.133. The summed E-state index contributed by atoms with van der Waals surface area (Å²) in [6, 6.07) is 9.88. The Labute approximate surface area is 133 Å². The summed E-state index contributed by atoms with van der Waals surface area (Å²) in [6.45, 7) is 2.19. The number of aryl methyl sites for hydroxylation is 1. The van der Waals surface area contributed by atoms with Gasteiger partial charge in [-0.3, -0.25) is 4.79 Å². The lowest BCUT2D eigenvalue weighted by atomic mass is 10.1. The van der Waals surface area contributed by atoms with Crippen LogP contribution in [0.25, 0.3) is 0 Å². The minimum atomic E-state index is -0.323. The monoisotopic (exact) mass is 399 g/mol. The molecule has 0 aliphatic rings. The summed E-state index contributed by atoms with van der Waals surface area (Å²) in [4.78, 5) is 12.1. The van der Waals surface area contributed by atoms with Crippen LogP contribution >= 0.6 is 31.9 Å². The van der Waals surface area contributed by atoms with E-state index in [4.69, 9.17) is 0 Å². The molecule has 0 aliphatic carbocycles. The second kappa shape index (κ2) is 6.50. The molecule has 0 bridgehead atoms. The predicted octanol–water partition coefficient (Wildman–Crippen LogP) is 4.59. The molecule has 2 aromatic carbocycles. The van der Waals surface area contributed by atoms with Gasteiger partial charge in [-0.05, 0) is 54.4 Å². The zero-order valence-electron chi connectivity index (χ0n) is 10.7. The molecule has 0 saturated carbocycles. The molecule has 2 aromatic rings. The van der Waals surface area contributed by atoms with Gasteiger partial charge in [0.25, 0.3) is 5.91 Å². The first-order valence-corrected chi connectivity index (χ1v) is 7.53. The second-order valence-electron chi connectivity index (χ2n) is 4.44. The molecule has 1 amide bonds. The Morgan fingerprint density at radius 2 is 1.95 bits per heavy atom. The Kier molecular flexibility index (Phi) is 4.94. The van der Waals surface area contributed by atoms with Gasteiger partial charge < -0.3 is 5.32 Å². The van der Waals surface area contributed by atoms with Gasteiger partial charge in [-0.1, -0.05) is 31.9 Å². The smallest absolute Gasteiger partial charge is 0.251 e. The number of carbonyl (C=O) groups excluding carboxylic acids is 1. The summed E-state index contributed by atoms with van der Waals surface area (Å²) in [5, 5.41) is 2.78. The van der Waals surface area contributed by atoms with E-state index in [1.54, 1.807) is 18.2 Å². The lowest BCUT2D eigenvalue weighted by molar-refractivity contribution is 0.0950. The van der Waals surface area contributed by atoms with Gasteiger partial charge in [-0.2, -0.15) is 0 Å². The zero-order valence-corrected chi connectivity index (χ0v) is 13.9. The molecule has 0 unspecified atom stereocenters. The molecule has 0 spiro atoms. The Morgan fingerprint density at radius 3 is 2.65 bits per heavy atom. The van der Waals surface area contributed by atoms with Crippen molar-refractivity contribution in [3.63, 3.8) is 0 Å². The standard InChI is InChI=1S/C15H12Br2FNO/c1-9-4-10(6-12(16)5-9)15(20)19-8-11-7-13(18)2-3-14(11)17/h2-7H,8H2,1H3,(H,19,20). The molecule has 0 saturated heterocycles. The Morgan fingerprint density at radius 1 is 1.20 bits per heavy atom. The maximum atomic E-state index is 13.2. The van der Waals surface area contributed by atoms with Crippen molar-refractivity contribution in [1.29, 1.82) is 0 Å². The molecular formula is C15H12Br2FNO. The van der Waals surface area contributed by atoms with Crippen molar-refractivity contribution in [2.75, 3.05) is 0 Å². The van der Waals surface area contributed by atoms with Crippen molar-refractivity contribution in [3.8, 4) is 0 Å².